The van der Waals surface area contributed by atoms with Gasteiger partial charge < -0.3 is 5.32 Å². The average molecular weight is 308 g/mol. The van der Waals surface area contributed by atoms with E-state index < -0.39 is 0 Å². The fourth-order valence-electron chi connectivity index (χ4n) is 2.61. The van der Waals surface area contributed by atoms with Gasteiger partial charge in [0, 0.05) is 10.9 Å². The lowest BCUT2D eigenvalue weighted by molar-refractivity contribution is 0.558. The molecule has 20 heavy (non-hydrogen) atoms. The maximum atomic E-state index is 6.44. The van der Waals surface area contributed by atoms with Crippen LogP contribution in [-0.2, 0) is 6.42 Å². The molecule has 0 aliphatic carbocycles. The van der Waals surface area contributed by atoms with Gasteiger partial charge in [-0.05, 0) is 50.2 Å². The number of thiophene rings is 1. The molecule has 1 aromatic heterocycles. The highest BCUT2D eigenvalue weighted by atomic mass is 35.5. The average Bonchev–Trinajstić information content (AvgIpc) is 2.68. The summed E-state index contributed by atoms with van der Waals surface area (Å²) >= 11 is 8.20. The minimum absolute atomic E-state index is 0.299. The van der Waals surface area contributed by atoms with E-state index in [9.17, 15) is 0 Å². The van der Waals surface area contributed by atoms with Crippen molar-refractivity contribution in [2.75, 3.05) is 6.54 Å². The molecule has 108 valence electrons. The third-order valence-electron chi connectivity index (χ3n) is 3.41. The molecule has 0 saturated carbocycles. The van der Waals surface area contributed by atoms with E-state index in [1.165, 1.54) is 27.1 Å². The van der Waals surface area contributed by atoms with Gasteiger partial charge in [-0.25, -0.2) is 0 Å². The van der Waals surface area contributed by atoms with Gasteiger partial charge in [0.25, 0.3) is 0 Å². The Bertz CT molecular complexity index is 568. The van der Waals surface area contributed by atoms with Crippen molar-refractivity contribution < 1.29 is 0 Å². The highest BCUT2D eigenvalue weighted by molar-refractivity contribution is 7.10. The Morgan fingerprint density at radius 1 is 1.15 bits per heavy atom. The number of hydrogen-bond acceptors (Lipinski definition) is 2. The van der Waals surface area contributed by atoms with Crippen molar-refractivity contribution in [1.29, 1.82) is 0 Å². The summed E-state index contributed by atoms with van der Waals surface area (Å²) in [6.45, 7) is 9.47. The molecule has 1 aromatic carbocycles. The molecular formula is C17H22ClNS. The fraction of sp³-hybridized carbons (Fsp3) is 0.412. The lowest BCUT2D eigenvalue weighted by Gasteiger charge is -2.18. The summed E-state index contributed by atoms with van der Waals surface area (Å²) in [6.07, 6.45) is 0.982. The SMILES string of the molecule is CCNC(Cc1cc(C)cc(C)c1)c1scc(C)c1Cl. The van der Waals surface area contributed by atoms with E-state index in [4.69, 9.17) is 11.6 Å². The van der Waals surface area contributed by atoms with Crippen LogP contribution in [0.1, 0.15) is 40.1 Å². The smallest absolute Gasteiger partial charge is 0.0590 e. The van der Waals surface area contributed by atoms with Crippen molar-refractivity contribution in [3.05, 3.63) is 55.7 Å². The van der Waals surface area contributed by atoms with E-state index in [0.29, 0.717) is 6.04 Å². The van der Waals surface area contributed by atoms with E-state index in [0.717, 1.165) is 18.0 Å². The molecule has 0 spiro atoms. The first-order valence-corrected chi connectivity index (χ1v) is 8.31. The van der Waals surface area contributed by atoms with Gasteiger partial charge in [-0.1, -0.05) is 47.9 Å². The first-order valence-electron chi connectivity index (χ1n) is 7.05. The summed E-state index contributed by atoms with van der Waals surface area (Å²) in [6, 6.07) is 7.05. The van der Waals surface area contributed by atoms with E-state index in [-0.39, 0.29) is 0 Å². The molecule has 1 N–H and O–H groups in total. The predicted molar refractivity (Wildman–Crippen MR) is 90.1 cm³/mol. The molecule has 0 amide bonds. The normalized spacial score (nSPS) is 12.7. The Hall–Kier alpha value is -0.830. The number of likely N-dealkylation sites (N-methyl/N-ethyl adjacent to an activating group) is 1. The zero-order chi connectivity index (χ0) is 14.7. The number of halogens is 1. The van der Waals surface area contributed by atoms with Crippen molar-refractivity contribution in [2.24, 2.45) is 0 Å². The van der Waals surface area contributed by atoms with Crippen LogP contribution in [0.25, 0.3) is 0 Å². The highest BCUT2D eigenvalue weighted by Crippen LogP contribution is 2.34. The second-order valence-corrected chi connectivity index (χ2v) is 6.70. The zero-order valence-electron chi connectivity index (χ0n) is 12.6. The van der Waals surface area contributed by atoms with Crippen molar-refractivity contribution >= 4 is 22.9 Å². The molecule has 0 saturated heterocycles. The Morgan fingerprint density at radius 2 is 1.80 bits per heavy atom. The minimum Gasteiger partial charge on any atom is -0.309 e. The van der Waals surface area contributed by atoms with Crippen LogP contribution in [0.15, 0.2) is 23.6 Å². The number of nitrogens with one attached hydrogen (secondary N) is 1. The molecular weight excluding hydrogens is 286 g/mol. The van der Waals surface area contributed by atoms with Gasteiger partial charge >= 0.3 is 0 Å². The Kier molecular flexibility index (Phi) is 5.25. The third kappa shape index (κ3) is 3.63. The van der Waals surface area contributed by atoms with Gasteiger partial charge in [0.05, 0.1) is 5.02 Å². The third-order valence-corrected chi connectivity index (χ3v) is 5.24. The largest absolute Gasteiger partial charge is 0.309 e. The molecule has 1 atom stereocenters. The first kappa shape index (κ1) is 15.6. The van der Waals surface area contributed by atoms with Gasteiger partial charge in [-0.3, -0.25) is 0 Å². The number of rotatable bonds is 5. The highest BCUT2D eigenvalue weighted by Gasteiger charge is 2.18. The lowest BCUT2D eigenvalue weighted by Crippen LogP contribution is -2.22. The molecule has 0 radical (unpaired) electrons. The van der Waals surface area contributed by atoms with Gasteiger partial charge in [-0.15, -0.1) is 11.3 Å². The Morgan fingerprint density at radius 3 is 2.30 bits per heavy atom. The van der Waals surface area contributed by atoms with Gasteiger partial charge in [-0.2, -0.15) is 0 Å². The second kappa shape index (κ2) is 6.75. The van der Waals surface area contributed by atoms with Crippen molar-refractivity contribution in [2.45, 2.75) is 40.2 Å². The standard InChI is InChI=1S/C17H22ClNS/c1-5-19-15(17-16(18)13(4)10-20-17)9-14-7-11(2)6-12(3)8-14/h6-8,10,15,19H,5,9H2,1-4H3. The second-order valence-electron chi connectivity index (χ2n) is 5.41. The number of hydrogen-bond donors (Lipinski definition) is 1. The quantitative estimate of drug-likeness (QED) is 0.798. The number of aryl methyl sites for hydroxylation is 3. The van der Waals surface area contributed by atoms with Gasteiger partial charge in [0.1, 0.15) is 0 Å². The zero-order valence-corrected chi connectivity index (χ0v) is 14.2. The molecule has 0 aliphatic heterocycles. The lowest BCUT2D eigenvalue weighted by atomic mass is 10.00. The molecule has 0 fully saturated rings. The van der Waals surface area contributed by atoms with Gasteiger partial charge in [0.2, 0.25) is 0 Å². The molecule has 1 nitrogen and oxygen atoms in total. The van der Waals surface area contributed by atoms with Crippen molar-refractivity contribution in [1.82, 2.24) is 5.32 Å². The molecule has 0 bridgehead atoms. The first-order chi connectivity index (χ1) is 9.51. The van der Waals surface area contributed by atoms with Crippen LogP contribution in [0.2, 0.25) is 5.02 Å². The van der Waals surface area contributed by atoms with Crippen molar-refractivity contribution in [3.8, 4) is 0 Å². The molecule has 1 heterocycles. The summed E-state index contributed by atoms with van der Waals surface area (Å²) < 4.78 is 0. The molecule has 2 aromatic rings. The Labute approximate surface area is 131 Å². The summed E-state index contributed by atoms with van der Waals surface area (Å²) in [5.74, 6) is 0. The molecule has 2 rings (SSSR count). The molecule has 0 aliphatic rings. The topological polar surface area (TPSA) is 12.0 Å². The Balaban J connectivity index is 2.27. The van der Waals surface area contributed by atoms with E-state index in [1.54, 1.807) is 11.3 Å². The van der Waals surface area contributed by atoms with Crippen LogP contribution in [-0.4, -0.2) is 6.54 Å². The maximum absolute atomic E-state index is 6.44. The summed E-state index contributed by atoms with van der Waals surface area (Å²) in [5, 5.41) is 6.63. The van der Waals surface area contributed by atoms with E-state index in [1.807, 2.05) is 0 Å². The summed E-state index contributed by atoms with van der Waals surface area (Å²) in [7, 11) is 0. The van der Waals surface area contributed by atoms with Crippen LogP contribution in [0.3, 0.4) is 0 Å². The monoisotopic (exact) mass is 307 g/mol. The van der Waals surface area contributed by atoms with Crippen LogP contribution in [0, 0.1) is 20.8 Å². The van der Waals surface area contributed by atoms with Crippen LogP contribution in [0.5, 0.6) is 0 Å². The van der Waals surface area contributed by atoms with Gasteiger partial charge in [0.15, 0.2) is 0 Å². The predicted octanol–water partition coefficient (Wildman–Crippen LogP) is 5.22. The summed E-state index contributed by atoms with van der Waals surface area (Å²) in [5.41, 5.74) is 5.19. The van der Waals surface area contributed by atoms with Crippen LogP contribution in [0.4, 0.5) is 0 Å². The summed E-state index contributed by atoms with van der Waals surface area (Å²) in [4.78, 5) is 1.25. The maximum Gasteiger partial charge on any atom is 0.0590 e. The fourth-order valence-corrected chi connectivity index (χ4v) is 4.01. The minimum atomic E-state index is 0.299. The molecule has 1 unspecified atom stereocenters. The van der Waals surface area contributed by atoms with E-state index in [2.05, 4.69) is 56.6 Å². The van der Waals surface area contributed by atoms with Crippen LogP contribution < -0.4 is 5.32 Å². The van der Waals surface area contributed by atoms with E-state index >= 15 is 0 Å². The molecule has 3 heteroatoms. The van der Waals surface area contributed by atoms with Crippen LogP contribution >= 0.6 is 22.9 Å². The van der Waals surface area contributed by atoms with Crippen molar-refractivity contribution in [3.63, 3.8) is 0 Å². The number of benzene rings is 1.